The fourth-order valence-electron chi connectivity index (χ4n) is 5.31. The summed E-state index contributed by atoms with van der Waals surface area (Å²) < 4.78 is 10.4. The number of nitro groups is 1. The van der Waals surface area contributed by atoms with E-state index in [0.29, 0.717) is 24.4 Å². The lowest BCUT2D eigenvalue weighted by Crippen LogP contribution is -2.31. The molecule has 0 radical (unpaired) electrons. The molecule has 0 bridgehead atoms. The third-order valence-electron chi connectivity index (χ3n) is 7.56. The van der Waals surface area contributed by atoms with Crippen LogP contribution >= 0.6 is 0 Å². The van der Waals surface area contributed by atoms with Crippen molar-refractivity contribution in [2.24, 2.45) is 17.8 Å². The van der Waals surface area contributed by atoms with Crippen molar-refractivity contribution >= 4 is 40.9 Å². The predicted octanol–water partition coefficient (Wildman–Crippen LogP) is 4.78. The molecule has 1 heterocycles. The van der Waals surface area contributed by atoms with Crippen molar-refractivity contribution < 1.29 is 38.4 Å². The van der Waals surface area contributed by atoms with Crippen LogP contribution in [0.25, 0.3) is 0 Å². The molecule has 2 aliphatic rings. The molecule has 1 aliphatic carbocycles. The van der Waals surface area contributed by atoms with E-state index in [1.807, 2.05) is 0 Å². The molecule has 42 heavy (non-hydrogen) atoms. The van der Waals surface area contributed by atoms with Crippen LogP contribution < -0.4 is 9.64 Å². The van der Waals surface area contributed by atoms with Crippen LogP contribution in [0.5, 0.6) is 5.75 Å². The first-order chi connectivity index (χ1) is 20.1. The number of non-ortho nitro benzene ring substituents is 1. The highest BCUT2D eigenvalue weighted by atomic mass is 16.6. The van der Waals surface area contributed by atoms with Crippen molar-refractivity contribution in [2.75, 3.05) is 11.5 Å². The number of anilines is 1. The second-order valence-corrected chi connectivity index (χ2v) is 10.4. The summed E-state index contributed by atoms with van der Waals surface area (Å²) in [5.74, 6) is -2.69. The Bertz CT molecular complexity index is 1580. The van der Waals surface area contributed by atoms with Gasteiger partial charge in [0.1, 0.15) is 5.75 Å². The van der Waals surface area contributed by atoms with Crippen LogP contribution in [0.15, 0.2) is 72.8 Å². The Hall–Kier alpha value is -5.19. The molecule has 11 heteroatoms. The second kappa shape index (κ2) is 11.7. The van der Waals surface area contributed by atoms with E-state index < -0.39 is 29.3 Å². The highest BCUT2D eigenvalue weighted by molar-refractivity contribution is 6.22. The minimum atomic E-state index is -0.788. The van der Waals surface area contributed by atoms with Gasteiger partial charge in [0.15, 0.2) is 12.4 Å². The van der Waals surface area contributed by atoms with Gasteiger partial charge in [0.2, 0.25) is 11.8 Å². The molecule has 5 rings (SSSR count). The molecule has 1 saturated heterocycles. The van der Waals surface area contributed by atoms with E-state index in [0.717, 1.165) is 11.3 Å². The maximum Gasteiger partial charge on any atom is 0.343 e. The first kappa shape index (κ1) is 28.3. The van der Waals surface area contributed by atoms with Gasteiger partial charge in [-0.3, -0.25) is 29.4 Å². The van der Waals surface area contributed by atoms with Crippen LogP contribution in [0.4, 0.5) is 11.4 Å². The maximum absolute atomic E-state index is 13.0. The Balaban J connectivity index is 1.17. The average molecular weight is 571 g/mol. The van der Waals surface area contributed by atoms with Crippen molar-refractivity contribution in [3.63, 3.8) is 0 Å². The molecular formula is C31H26N2O9. The largest absolute Gasteiger partial charge is 0.454 e. The summed E-state index contributed by atoms with van der Waals surface area (Å²) in [6, 6.07) is 16.5. The van der Waals surface area contributed by atoms with Gasteiger partial charge in [0.25, 0.3) is 5.69 Å². The number of fused-ring (bicyclic) bond motifs is 1. The van der Waals surface area contributed by atoms with E-state index >= 15 is 0 Å². The molecule has 3 unspecified atom stereocenters. The number of nitrogens with zero attached hydrogens (tertiary/aromatic N) is 2. The number of Topliss-reactive ketones (excluding diaryl/α,β-unsaturated/α-hetero) is 1. The lowest BCUT2D eigenvalue weighted by atomic mass is 9.76. The Labute approximate surface area is 240 Å². The number of ketones is 1. The van der Waals surface area contributed by atoms with Gasteiger partial charge in [0, 0.05) is 17.7 Å². The van der Waals surface area contributed by atoms with Crippen molar-refractivity contribution in [1.29, 1.82) is 0 Å². The number of nitro benzene ring substituents is 1. The fraction of sp³-hybridized carbons (Fsp3) is 0.258. The normalized spacial score (nSPS) is 19.6. The van der Waals surface area contributed by atoms with Crippen LogP contribution in [0.1, 0.15) is 57.3 Å². The first-order valence-electron chi connectivity index (χ1n) is 13.4. The van der Waals surface area contributed by atoms with Crippen molar-refractivity contribution in [2.45, 2.75) is 26.2 Å². The summed E-state index contributed by atoms with van der Waals surface area (Å²) in [6.07, 6.45) is 2.23. The number of rotatable bonds is 8. The molecule has 0 aromatic heterocycles. The zero-order chi connectivity index (χ0) is 30.0. The Kier molecular flexibility index (Phi) is 7.92. The van der Waals surface area contributed by atoms with E-state index in [1.54, 1.807) is 12.1 Å². The number of amides is 2. The maximum atomic E-state index is 13.0. The Morgan fingerprint density at radius 3 is 2.21 bits per heavy atom. The molecular weight excluding hydrogens is 544 g/mol. The van der Waals surface area contributed by atoms with Crippen molar-refractivity contribution in [1.82, 2.24) is 0 Å². The molecule has 2 fully saturated rings. The molecule has 3 aromatic rings. The zero-order valence-corrected chi connectivity index (χ0v) is 22.6. The van der Waals surface area contributed by atoms with Crippen molar-refractivity contribution in [3.8, 4) is 5.75 Å². The number of hydrogen-bond donors (Lipinski definition) is 0. The summed E-state index contributed by atoms with van der Waals surface area (Å²) in [5, 5.41) is 10.8. The molecule has 214 valence electrons. The molecule has 0 N–H and O–H groups in total. The Morgan fingerprint density at radius 1 is 0.857 bits per heavy atom. The molecule has 3 atom stereocenters. The molecule has 11 nitrogen and oxygen atoms in total. The lowest BCUT2D eigenvalue weighted by Gasteiger charge is -2.25. The number of hydrogen-bond acceptors (Lipinski definition) is 9. The number of carbonyl (C=O) groups excluding carboxylic acids is 5. The molecule has 2 amide bonds. The highest BCUT2D eigenvalue weighted by Crippen LogP contribution is 2.42. The van der Waals surface area contributed by atoms with Gasteiger partial charge >= 0.3 is 11.9 Å². The molecule has 1 saturated carbocycles. The van der Waals surface area contributed by atoms with Gasteiger partial charge in [-0.25, -0.2) is 9.59 Å². The third-order valence-corrected chi connectivity index (χ3v) is 7.56. The number of imide groups is 1. The minimum absolute atomic E-state index is 0.0950. The zero-order valence-electron chi connectivity index (χ0n) is 22.6. The summed E-state index contributed by atoms with van der Waals surface area (Å²) in [7, 11) is 0. The summed E-state index contributed by atoms with van der Waals surface area (Å²) in [4.78, 5) is 75.0. The number of ether oxygens (including phenoxy) is 2. The minimum Gasteiger partial charge on any atom is -0.454 e. The van der Waals surface area contributed by atoms with E-state index in [-0.39, 0.29) is 51.8 Å². The van der Waals surface area contributed by atoms with Gasteiger partial charge in [-0.1, -0.05) is 13.0 Å². The van der Waals surface area contributed by atoms with Gasteiger partial charge in [-0.2, -0.15) is 0 Å². The van der Waals surface area contributed by atoms with Gasteiger partial charge in [-0.05, 0) is 79.8 Å². The fourth-order valence-corrected chi connectivity index (χ4v) is 5.31. The lowest BCUT2D eigenvalue weighted by molar-refractivity contribution is -0.384. The van der Waals surface area contributed by atoms with Gasteiger partial charge in [-0.15, -0.1) is 0 Å². The Morgan fingerprint density at radius 2 is 1.52 bits per heavy atom. The van der Waals surface area contributed by atoms with Crippen LogP contribution in [0, 0.1) is 27.9 Å². The second-order valence-electron chi connectivity index (χ2n) is 10.4. The summed E-state index contributed by atoms with van der Waals surface area (Å²) >= 11 is 0. The van der Waals surface area contributed by atoms with Gasteiger partial charge < -0.3 is 9.47 Å². The van der Waals surface area contributed by atoms with Crippen LogP contribution in [-0.2, 0) is 14.3 Å². The monoisotopic (exact) mass is 570 g/mol. The number of esters is 2. The van der Waals surface area contributed by atoms with E-state index in [2.05, 4.69) is 6.92 Å². The average Bonchev–Trinajstić information content (AvgIpc) is 3.24. The third kappa shape index (κ3) is 5.80. The topological polar surface area (TPSA) is 150 Å². The number of carbonyl (C=O) groups is 5. The van der Waals surface area contributed by atoms with Crippen LogP contribution in [0.2, 0.25) is 0 Å². The van der Waals surface area contributed by atoms with Crippen molar-refractivity contribution in [3.05, 3.63) is 99.6 Å². The quantitative estimate of drug-likeness (QED) is 0.0931. The van der Waals surface area contributed by atoms with E-state index in [1.165, 1.54) is 60.7 Å². The summed E-state index contributed by atoms with van der Waals surface area (Å²) in [6.45, 7) is 1.51. The van der Waals surface area contributed by atoms with Crippen LogP contribution in [0.3, 0.4) is 0 Å². The summed E-state index contributed by atoms with van der Waals surface area (Å²) in [5.41, 5.74) is 0.552. The van der Waals surface area contributed by atoms with Gasteiger partial charge in [0.05, 0.1) is 33.6 Å². The molecule has 3 aromatic carbocycles. The van der Waals surface area contributed by atoms with E-state index in [4.69, 9.17) is 9.47 Å². The molecule has 0 spiro atoms. The smallest absolute Gasteiger partial charge is 0.343 e. The molecule has 1 aliphatic heterocycles. The van der Waals surface area contributed by atoms with Crippen LogP contribution in [-0.4, -0.2) is 41.1 Å². The number of benzene rings is 3. The first-order valence-corrected chi connectivity index (χ1v) is 13.4. The SMILES string of the molecule is CC1CCC2C(=O)N(c3cccc(C(=O)OCC(=O)c4ccc(OC(=O)c5ccc([N+](=O)[O-])cc5)cc4)c3)C(=O)C2C1. The van der Waals surface area contributed by atoms with E-state index in [9.17, 15) is 34.1 Å². The standard InChI is InChI=1S/C31H26N2O9/c1-18-5-14-25-26(15-18)29(36)32(28(25)35)23-4-2-3-21(16-23)30(37)41-17-27(34)19-8-12-24(13-9-19)42-31(38)20-6-10-22(11-7-20)33(39)40/h2-4,6-13,16,18,25-26H,5,14-15,17H2,1H3. The predicted molar refractivity (Wildman–Crippen MR) is 148 cm³/mol. The highest BCUT2D eigenvalue weighted by Gasteiger charge is 2.50.